The molecule has 0 aliphatic carbocycles. The minimum atomic E-state index is -4.23. The van der Waals surface area contributed by atoms with Crippen LogP contribution in [-0.4, -0.2) is 59.2 Å². The van der Waals surface area contributed by atoms with Gasteiger partial charge in [0.1, 0.15) is 0 Å². The molecule has 0 heterocycles. The Bertz CT molecular complexity index is 281. The average molecular weight is 334 g/mol. The standard InChI is InChI=1S/C12H26O4S.C2H5O.Na/c1-2-3-4-5-6-7-8-9-10-11-12-16-17(13,14)15;1-2-3;/h2-12H2,1H3,(H,13,14,15);3H,1-2H2;. The van der Waals surface area contributed by atoms with E-state index in [4.69, 9.17) is 9.66 Å². The van der Waals surface area contributed by atoms with Gasteiger partial charge in [-0.25, -0.2) is 4.18 Å². The number of rotatable bonds is 13. The predicted octanol–water partition coefficient (Wildman–Crippen LogP) is 3.29. The molecule has 2 N–H and O–H groups in total. The molecular weight excluding hydrogens is 303 g/mol. The van der Waals surface area contributed by atoms with Crippen LogP contribution in [0.25, 0.3) is 0 Å². The van der Waals surface area contributed by atoms with Crippen LogP contribution in [0.5, 0.6) is 0 Å². The van der Waals surface area contributed by atoms with Gasteiger partial charge >= 0.3 is 53.7 Å². The van der Waals surface area contributed by atoms with Gasteiger partial charge in [-0.3, -0.25) is 4.55 Å². The van der Waals surface area contributed by atoms with E-state index >= 15 is 0 Å². The molecule has 0 aromatic heterocycles. The number of hydrogen-bond acceptors (Lipinski definition) is 4. The second-order valence-corrected chi connectivity index (χ2v) is 7.25. The minimum absolute atomic E-state index is 0.0926. The molecule has 0 saturated carbocycles. The molecule has 0 aliphatic heterocycles. The van der Waals surface area contributed by atoms with Crippen molar-refractivity contribution in [1.29, 1.82) is 0 Å². The van der Waals surface area contributed by atoms with Gasteiger partial charge in [-0.05, 0) is 6.42 Å². The van der Waals surface area contributed by atoms with Crippen LogP contribution >= 0.6 is 0 Å². The topological polar surface area (TPSA) is 83.8 Å². The third kappa shape index (κ3) is 29.5. The molecule has 124 valence electrons. The van der Waals surface area contributed by atoms with Crippen molar-refractivity contribution >= 4 is 38.3 Å². The summed E-state index contributed by atoms with van der Waals surface area (Å²) in [7, 11) is -4.23. The van der Waals surface area contributed by atoms with Gasteiger partial charge in [-0.2, -0.15) is 8.42 Å². The molecule has 0 atom stereocenters. The third-order valence-electron chi connectivity index (χ3n) is 2.95. The Labute approximate surface area is 148 Å². The van der Waals surface area contributed by atoms with E-state index in [9.17, 15) is 8.42 Å². The summed E-state index contributed by atoms with van der Waals surface area (Å²) < 4.78 is 34.0. The molecule has 0 aliphatic rings. The Morgan fingerprint density at radius 1 is 0.905 bits per heavy atom. The summed E-state index contributed by atoms with van der Waals surface area (Å²) in [6.45, 7) is 2.69. The van der Waals surface area contributed by atoms with Crippen molar-refractivity contribution in [2.75, 3.05) is 13.2 Å². The normalized spacial score (nSPS) is 11.1. The van der Waals surface area contributed by atoms with Crippen molar-refractivity contribution < 1.29 is 22.3 Å². The molecule has 0 saturated heterocycles. The molecule has 0 bridgehead atoms. The summed E-state index contributed by atoms with van der Waals surface area (Å²) in [5.74, 6) is 0. The number of aliphatic hydroxyl groups is 1. The average Bonchev–Trinajstić information content (AvgIpc) is 2.44. The van der Waals surface area contributed by atoms with Gasteiger partial charge in [0.25, 0.3) is 0 Å². The zero-order valence-corrected chi connectivity index (χ0v) is 16.5. The Kier molecular flexibility index (Phi) is 21.7. The maximum absolute atomic E-state index is 10.2. The summed E-state index contributed by atoms with van der Waals surface area (Å²) in [5, 5.41) is 7.91. The molecule has 0 rings (SSSR count). The zero-order valence-electron chi connectivity index (χ0n) is 13.7. The fraction of sp³-hybridized carbons (Fsp3) is 1.00. The number of hydrogen-bond donors (Lipinski definition) is 2. The van der Waals surface area contributed by atoms with E-state index in [-0.39, 0.29) is 6.61 Å². The van der Waals surface area contributed by atoms with Gasteiger partial charge in [0.15, 0.2) is 0 Å². The SMILES string of the molecule is CCCCCCCCCCCCOS(=O)(=O)O.OC[CH2][Na]. The fourth-order valence-electron chi connectivity index (χ4n) is 1.75. The molecule has 0 aromatic carbocycles. The van der Waals surface area contributed by atoms with E-state index in [1.165, 1.54) is 44.9 Å². The van der Waals surface area contributed by atoms with Crippen molar-refractivity contribution in [3.05, 3.63) is 0 Å². The third-order valence-corrected chi connectivity index (χ3v) is 3.87. The van der Waals surface area contributed by atoms with Crippen LogP contribution in [0.1, 0.15) is 71.1 Å². The van der Waals surface area contributed by atoms with Crippen LogP contribution in [0.2, 0.25) is 3.67 Å². The second kappa shape index (κ2) is 18.9. The van der Waals surface area contributed by atoms with E-state index in [1.807, 2.05) is 0 Å². The van der Waals surface area contributed by atoms with Crippen molar-refractivity contribution in [3.8, 4) is 0 Å². The van der Waals surface area contributed by atoms with Crippen molar-refractivity contribution in [2.24, 2.45) is 0 Å². The molecule has 0 spiro atoms. The zero-order chi connectivity index (χ0) is 16.4. The van der Waals surface area contributed by atoms with Gasteiger partial charge in [0.05, 0.1) is 6.61 Å². The molecule has 0 amide bonds. The molecule has 0 aromatic rings. The molecule has 21 heavy (non-hydrogen) atoms. The Morgan fingerprint density at radius 2 is 1.29 bits per heavy atom. The fourth-order valence-corrected chi connectivity index (χ4v) is 2.08. The number of unbranched alkanes of at least 4 members (excludes halogenated alkanes) is 9. The van der Waals surface area contributed by atoms with Gasteiger partial charge in [-0.15, -0.1) is 0 Å². The summed E-state index contributed by atoms with van der Waals surface area (Å²) in [5.41, 5.74) is 0. The Hall–Kier alpha value is 0.830. The monoisotopic (exact) mass is 334 g/mol. The van der Waals surface area contributed by atoms with Crippen LogP contribution in [0.15, 0.2) is 0 Å². The van der Waals surface area contributed by atoms with E-state index in [2.05, 4.69) is 11.1 Å². The van der Waals surface area contributed by atoms with E-state index in [1.54, 1.807) is 0 Å². The first-order valence-electron chi connectivity index (χ1n) is 8.20. The Balaban J connectivity index is 0. The van der Waals surface area contributed by atoms with E-state index in [0.29, 0.717) is 13.0 Å². The summed E-state index contributed by atoms with van der Waals surface area (Å²) >= 11 is 1.14. The molecule has 0 radical (unpaired) electrons. The first-order chi connectivity index (χ1) is 9.97. The van der Waals surface area contributed by atoms with Crippen LogP contribution in [0.4, 0.5) is 0 Å². The first kappa shape index (κ1) is 24.1. The predicted molar refractivity (Wildman–Crippen MR) is 87.0 cm³/mol. The second-order valence-electron chi connectivity index (χ2n) is 5.16. The van der Waals surface area contributed by atoms with Crippen LogP contribution in [0, 0.1) is 0 Å². The Morgan fingerprint density at radius 3 is 1.62 bits per heavy atom. The number of aliphatic hydroxyl groups excluding tert-OH is 1. The van der Waals surface area contributed by atoms with Gasteiger partial charge in [0, 0.05) is 0 Å². The molecule has 0 fully saturated rings. The molecule has 0 unspecified atom stereocenters. The quantitative estimate of drug-likeness (QED) is 0.307. The molecular formula is C14H31NaO5S. The van der Waals surface area contributed by atoms with Crippen LogP contribution < -0.4 is 0 Å². The van der Waals surface area contributed by atoms with Crippen LogP contribution in [0.3, 0.4) is 0 Å². The van der Waals surface area contributed by atoms with Crippen molar-refractivity contribution in [1.82, 2.24) is 0 Å². The van der Waals surface area contributed by atoms with E-state index < -0.39 is 10.4 Å². The van der Waals surface area contributed by atoms with Crippen molar-refractivity contribution in [3.63, 3.8) is 0 Å². The molecule has 5 nitrogen and oxygen atoms in total. The summed E-state index contributed by atoms with van der Waals surface area (Å²) in [4.78, 5) is 0. The summed E-state index contributed by atoms with van der Waals surface area (Å²) in [6, 6.07) is 0. The van der Waals surface area contributed by atoms with Gasteiger partial charge in [0.2, 0.25) is 0 Å². The van der Waals surface area contributed by atoms with Gasteiger partial charge < -0.3 is 0 Å². The van der Waals surface area contributed by atoms with E-state index in [0.717, 1.165) is 44.4 Å². The van der Waals surface area contributed by atoms with Crippen LogP contribution in [-0.2, 0) is 14.6 Å². The molecule has 7 heteroatoms. The maximum atomic E-state index is 10.2. The van der Waals surface area contributed by atoms with Gasteiger partial charge in [-0.1, -0.05) is 64.7 Å². The van der Waals surface area contributed by atoms with Crippen molar-refractivity contribution in [2.45, 2.75) is 74.8 Å². The summed E-state index contributed by atoms with van der Waals surface area (Å²) in [6.07, 6.45) is 11.9. The first-order valence-corrected chi connectivity index (χ1v) is 11.0.